The first-order valence-electron chi connectivity index (χ1n) is 9.43. The van der Waals surface area contributed by atoms with Gasteiger partial charge in [-0.15, -0.1) is 0 Å². The lowest BCUT2D eigenvalue weighted by atomic mass is 9.91. The van der Waals surface area contributed by atoms with Gasteiger partial charge >= 0.3 is 0 Å². The van der Waals surface area contributed by atoms with Crippen molar-refractivity contribution in [1.29, 1.82) is 0 Å². The third-order valence-electron chi connectivity index (χ3n) is 3.52. The summed E-state index contributed by atoms with van der Waals surface area (Å²) in [6.07, 6.45) is 0. The zero-order valence-corrected chi connectivity index (χ0v) is 19.7. The summed E-state index contributed by atoms with van der Waals surface area (Å²) in [5.74, 6) is 0.617. The molecule has 0 amide bonds. The van der Waals surface area contributed by atoms with Crippen LogP contribution in [0.4, 0.5) is 0 Å². The van der Waals surface area contributed by atoms with Crippen molar-refractivity contribution in [3.05, 3.63) is 64.1 Å². The van der Waals surface area contributed by atoms with Crippen molar-refractivity contribution in [1.82, 2.24) is 4.90 Å². The number of benzene rings is 2. The predicted octanol–water partition coefficient (Wildman–Crippen LogP) is 5.83. The highest BCUT2D eigenvalue weighted by Crippen LogP contribution is 2.27. The van der Waals surface area contributed by atoms with Crippen molar-refractivity contribution in [2.24, 2.45) is 0 Å². The highest BCUT2D eigenvalue weighted by Gasteiger charge is 2.15. The van der Waals surface area contributed by atoms with Crippen LogP contribution < -0.4 is 0 Å². The molecule has 0 heterocycles. The second-order valence-electron chi connectivity index (χ2n) is 7.28. The van der Waals surface area contributed by atoms with Gasteiger partial charge in [0.25, 0.3) is 6.47 Å². The Labute approximate surface area is 178 Å². The maximum atomic E-state index is 9.60. The number of hydrogen-bond acceptors (Lipinski definition) is 4. The van der Waals surface area contributed by atoms with E-state index in [0.29, 0.717) is 18.1 Å². The Morgan fingerprint density at radius 3 is 1.75 bits per heavy atom. The molecule has 2 rings (SSSR count). The summed E-state index contributed by atoms with van der Waals surface area (Å²) >= 11 is 3.47. The summed E-state index contributed by atoms with van der Waals surface area (Å²) in [5, 5.41) is 9.41. The van der Waals surface area contributed by atoms with E-state index in [1.165, 1.54) is 11.1 Å². The van der Waals surface area contributed by atoms with E-state index in [4.69, 9.17) is 0 Å². The van der Waals surface area contributed by atoms with Crippen molar-refractivity contribution < 1.29 is 14.6 Å². The standard InChI is InChI=1S/C16H18BrNO.C5H10O2.C2H6/c1-18(2)11-16(12-3-7-14(17)8-4-12)13-5-9-15(19)10-6-13;1-5(2,3)7-4-6;1-2/h3-10,16,19H,11H2,1-2H3;4H,1-3H3;1-2H3. The first-order chi connectivity index (χ1) is 13.1. The normalized spacial score (nSPS) is 11.5. The van der Waals surface area contributed by atoms with Crippen molar-refractivity contribution in [3.8, 4) is 5.75 Å². The minimum Gasteiger partial charge on any atom is -0.508 e. The summed E-state index contributed by atoms with van der Waals surface area (Å²) in [5.41, 5.74) is 2.18. The molecular formula is C23H34BrNO3. The molecule has 0 saturated carbocycles. The lowest BCUT2D eigenvalue weighted by Gasteiger charge is -2.22. The number of aromatic hydroxyl groups is 1. The molecule has 2 aromatic carbocycles. The van der Waals surface area contributed by atoms with Gasteiger partial charge in [0.1, 0.15) is 11.4 Å². The molecule has 0 fully saturated rings. The van der Waals surface area contributed by atoms with Gasteiger partial charge in [0, 0.05) is 16.9 Å². The minimum atomic E-state index is -0.318. The van der Waals surface area contributed by atoms with Gasteiger partial charge in [-0.05, 0) is 70.3 Å². The Morgan fingerprint density at radius 2 is 1.43 bits per heavy atom. The van der Waals surface area contributed by atoms with Gasteiger partial charge in [-0.2, -0.15) is 0 Å². The number of nitrogens with zero attached hydrogens (tertiary/aromatic N) is 1. The SMILES string of the molecule is CC.CC(C)(C)OC=O.CN(C)CC(c1ccc(O)cc1)c1ccc(Br)cc1. The van der Waals surface area contributed by atoms with Crippen molar-refractivity contribution in [2.45, 2.75) is 46.1 Å². The van der Waals surface area contributed by atoms with E-state index in [0.717, 1.165) is 11.0 Å². The van der Waals surface area contributed by atoms with E-state index in [2.05, 4.69) is 63.9 Å². The van der Waals surface area contributed by atoms with E-state index < -0.39 is 0 Å². The molecule has 0 saturated heterocycles. The lowest BCUT2D eigenvalue weighted by Crippen LogP contribution is -2.21. The number of halogens is 1. The molecule has 0 aliphatic carbocycles. The van der Waals surface area contributed by atoms with Gasteiger partial charge in [0.15, 0.2) is 0 Å². The van der Waals surface area contributed by atoms with Crippen LogP contribution in [-0.4, -0.2) is 42.7 Å². The number of hydrogen-bond donors (Lipinski definition) is 1. The van der Waals surface area contributed by atoms with Gasteiger partial charge in [0.2, 0.25) is 0 Å². The van der Waals surface area contributed by atoms with E-state index in [1.54, 1.807) is 12.1 Å². The number of ether oxygens (including phenoxy) is 1. The fourth-order valence-corrected chi connectivity index (χ4v) is 2.58. The van der Waals surface area contributed by atoms with E-state index in [-0.39, 0.29) is 5.60 Å². The zero-order valence-electron chi connectivity index (χ0n) is 18.1. The molecule has 156 valence electrons. The van der Waals surface area contributed by atoms with Gasteiger partial charge in [0.05, 0.1) is 0 Å². The van der Waals surface area contributed by atoms with E-state index in [1.807, 2.05) is 46.8 Å². The van der Waals surface area contributed by atoms with Crippen LogP contribution in [0.5, 0.6) is 5.75 Å². The van der Waals surface area contributed by atoms with Crippen molar-refractivity contribution in [2.75, 3.05) is 20.6 Å². The fraction of sp³-hybridized carbons (Fsp3) is 0.435. The zero-order chi connectivity index (χ0) is 21.7. The predicted molar refractivity (Wildman–Crippen MR) is 121 cm³/mol. The van der Waals surface area contributed by atoms with Crippen LogP contribution in [-0.2, 0) is 9.53 Å². The number of phenolic OH excluding ortho intramolecular Hbond substituents is 1. The average molecular weight is 452 g/mol. The Hall–Kier alpha value is -1.85. The first kappa shape index (κ1) is 26.1. The maximum absolute atomic E-state index is 9.60. The second kappa shape index (κ2) is 13.3. The maximum Gasteiger partial charge on any atom is 0.293 e. The van der Waals surface area contributed by atoms with E-state index in [9.17, 15) is 9.90 Å². The molecule has 28 heavy (non-hydrogen) atoms. The topological polar surface area (TPSA) is 49.8 Å². The third-order valence-corrected chi connectivity index (χ3v) is 4.05. The number of carbonyl (C=O) groups is 1. The van der Waals surface area contributed by atoms with E-state index >= 15 is 0 Å². The van der Waals surface area contributed by atoms with Crippen LogP contribution in [0.3, 0.4) is 0 Å². The average Bonchev–Trinajstić information content (AvgIpc) is 2.62. The van der Waals surface area contributed by atoms with Gasteiger partial charge in [-0.25, -0.2) is 0 Å². The number of rotatable bonds is 5. The van der Waals surface area contributed by atoms with Gasteiger partial charge < -0.3 is 14.7 Å². The number of phenols is 1. The molecule has 2 aromatic rings. The first-order valence-corrected chi connectivity index (χ1v) is 10.2. The Bertz CT molecular complexity index is 616. The largest absolute Gasteiger partial charge is 0.508 e. The molecule has 0 aromatic heterocycles. The Balaban J connectivity index is 0.000000688. The summed E-state index contributed by atoms with van der Waals surface area (Å²) in [6.45, 7) is 10.9. The molecule has 1 unspecified atom stereocenters. The smallest absolute Gasteiger partial charge is 0.293 e. The fourth-order valence-electron chi connectivity index (χ4n) is 2.31. The molecule has 0 spiro atoms. The molecule has 1 atom stereocenters. The monoisotopic (exact) mass is 451 g/mol. The van der Waals surface area contributed by atoms with Crippen LogP contribution in [0.1, 0.15) is 51.7 Å². The molecule has 0 aliphatic heterocycles. The Kier molecular flexibility index (Phi) is 12.5. The summed E-state index contributed by atoms with van der Waals surface area (Å²) in [6, 6.07) is 15.9. The summed E-state index contributed by atoms with van der Waals surface area (Å²) < 4.78 is 5.64. The van der Waals surface area contributed by atoms with Crippen LogP contribution in [0, 0.1) is 0 Å². The van der Waals surface area contributed by atoms with Crippen molar-refractivity contribution >= 4 is 22.4 Å². The quantitative estimate of drug-likeness (QED) is 0.580. The highest BCUT2D eigenvalue weighted by atomic mass is 79.9. The molecule has 4 nitrogen and oxygen atoms in total. The third kappa shape index (κ3) is 11.1. The number of likely N-dealkylation sites (N-methyl/N-ethyl adjacent to an activating group) is 1. The molecule has 0 bridgehead atoms. The molecule has 5 heteroatoms. The van der Waals surface area contributed by atoms with Crippen molar-refractivity contribution in [3.63, 3.8) is 0 Å². The summed E-state index contributed by atoms with van der Waals surface area (Å²) in [4.78, 5) is 11.8. The Morgan fingerprint density at radius 1 is 1.00 bits per heavy atom. The summed E-state index contributed by atoms with van der Waals surface area (Å²) in [7, 11) is 4.15. The van der Waals surface area contributed by atoms with Gasteiger partial charge in [-0.3, -0.25) is 4.79 Å². The second-order valence-corrected chi connectivity index (χ2v) is 8.20. The van der Waals surface area contributed by atoms with Crippen LogP contribution in [0.25, 0.3) is 0 Å². The molecule has 0 radical (unpaired) electrons. The van der Waals surface area contributed by atoms with Crippen LogP contribution >= 0.6 is 15.9 Å². The minimum absolute atomic E-state index is 0.308. The van der Waals surface area contributed by atoms with Crippen LogP contribution in [0.2, 0.25) is 0 Å². The lowest BCUT2D eigenvalue weighted by molar-refractivity contribution is -0.138. The molecule has 0 aliphatic rings. The highest BCUT2D eigenvalue weighted by molar-refractivity contribution is 9.10. The molecular weight excluding hydrogens is 418 g/mol. The molecule has 1 N–H and O–H groups in total. The number of carbonyl (C=O) groups excluding carboxylic acids is 1. The van der Waals surface area contributed by atoms with Crippen LogP contribution in [0.15, 0.2) is 53.0 Å². The van der Waals surface area contributed by atoms with Gasteiger partial charge in [-0.1, -0.05) is 54.0 Å².